The average molecular weight is 272 g/mol. The maximum Gasteiger partial charge on any atom is 0.254 e. The predicted molar refractivity (Wildman–Crippen MR) is 80.8 cm³/mol. The summed E-state index contributed by atoms with van der Waals surface area (Å²) >= 11 is 0. The van der Waals surface area contributed by atoms with E-state index in [1.807, 2.05) is 12.1 Å². The first-order valence-electron chi connectivity index (χ1n) is 7.90. The second-order valence-corrected chi connectivity index (χ2v) is 6.07. The second kappa shape index (κ2) is 5.96. The molecule has 1 atom stereocenters. The molecule has 1 aromatic carbocycles. The van der Waals surface area contributed by atoms with E-state index >= 15 is 0 Å². The number of carbonyl (C=O) groups excluding carboxylic acids is 1. The molecule has 1 saturated heterocycles. The molecule has 2 aliphatic rings. The van der Waals surface area contributed by atoms with Gasteiger partial charge in [-0.25, -0.2) is 0 Å². The quantitative estimate of drug-likeness (QED) is 0.852. The molecule has 3 nitrogen and oxygen atoms in total. The van der Waals surface area contributed by atoms with Gasteiger partial charge in [-0.05, 0) is 49.9 Å². The number of likely N-dealkylation sites (tertiary alicyclic amines) is 1. The summed E-state index contributed by atoms with van der Waals surface area (Å²) in [4.78, 5) is 15.0. The van der Waals surface area contributed by atoms with Crippen LogP contribution in [0.5, 0.6) is 0 Å². The minimum absolute atomic E-state index is 0.248. The van der Waals surface area contributed by atoms with E-state index in [0.717, 1.165) is 44.5 Å². The molecule has 0 aromatic heterocycles. The molecule has 20 heavy (non-hydrogen) atoms. The minimum atomic E-state index is 0.248. The van der Waals surface area contributed by atoms with Gasteiger partial charge in [-0.15, -0.1) is 0 Å². The van der Waals surface area contributed by atoms with E-state index in [4.69, 9.17) is 0 Å². The number of hydrogen-bond donors (Lipinski definition) is 1. The van der Waals surface area contributed by atoms with Gasteiger partial charge in [0.25, 0.3) is 5.91 Å². The van der Waals surface area contributed by atoms with Gasteiger partial charge < -0.3 is 10.2 Å². The lowest BCUT2D eigenvalue weighted by molar-refractivity contribution is 0.0696. The summed E-state index contributed by atoms with van der Waals surface area (Å²) in [6, 6.07) is 6.57. The number of nitrogens with zero attached hydrogens (tertiary/aromatic N) is 1. The topological polar surface area (TPSA) is 32.3 Å². The van der Waals surface area contributed by atoms with Crippen molar-refractivity contribution in [3.8, 4) is 0 Å². The SMILES string of the molecule is CC1CCCCCN1C(=O)c1cccc2c1CCNC2. The van der Waals surface area contributed by atoms with Crippen LogP contribution in [-0.2, 0) is 13.0 Å². The number of fused-ring (bicyclic) bond motifs is 1. The van der Waals surface area contributed by atoms with Crippen molar-refractivity contribution in [2.24, 2.45) is 0 Å². The lowest BCUT2D eigenvalue weighted by Crippen LogP contribution is -2.39. The van der Waals surface area contributed by atoms with Crippen LogP contribution in [0.2, 0.25) is 0 Å². The van der Waals surface area contributed by atoms with Crippen LogP contribution in [-0.4, -0.2) is 29.9 Å². The molecular weight excluding hydrogens is 248 g/mol. The van der Waals surface area contributed by atoms with Gasteiger partial charge in [-0.3, -0.25) is 4.79 Å². The first-order valence-corrected chi connectivity index (χ1v) is 7.90. The summed E-state index contributed by atoms with van der Waals surface area (Å²) in [6.07, 6.45) is 5.77. The highest BCUT2D eigenvalue weighted by molar-refractivity contribution is 5.96. The number of nitrogens with one attached hydrogen (secondary N) is 1. The predicted octanol–water partition coefficient (Wildman–Crippen LogP) is 2.74. The fraction of sp³-hybridized carbons (Fsp3) is 0.588. The van der Waals surface area contributed by atoms with Crippen molar-refractivity contribution >= 4 is 5.91 Å². The highest BCUT2D eigenvalue weighted by atomic mass is 16.2. The molecule has 1 fully saturated rings. The zero-order valence-electron chi connectivity index (χ0n) is 12.3. The van der Waals surface area contributed by atoms with Crippen molar-refractivity contribution in [1.82, 2.24) is 10.2 Å². The van der Waals surface area contributed by atoms with Crippen molar-refractivity contribution in [1.29, 1.82) is 0 Å². The third-order valence-corrected chi connectivity index (χ3v) is 4.68. The van der Waals surface area contributed by atoms with Crippen LogP contribution in [0.3, 0.4) is 0 Å². The molecule has 0 radical (unpaired) electrons. The summed E-state index contributed by atoms with van der Waals surface area (Å²) in [6.45, 7) is 4.99. The first kappa shape index (κ1) is 13.6. The number of amides is 1. The monoisotopic (exact) mass is 272 g/mol. The van der Waals surface area contributed by atoms with E-state index < -0.39 is 0 Å². The Bertz CT molecular complexity index is 498. The van der Waals surface area contributed by atoms with Gasteiger partial charge in [0, 0.05) is 24.7 Å². The van der Waals surface area contributed by atoms with Gasteiger partial charge in [0.2, 0.25) is 0 Å². The summed E-state index contributed by atoms with van der Waals surface area (Å²) in [7, 11) is 0. The Morgan fingerprint density at radius 2 is 2.20 bits per heavy atom. The molecule has 1 amide bonds. The van der Waals surface area contributed by atoms with Crippen molar-refractivity contribution in [3.05, 3.63) is 34.9 Å². The molecule has 108 valence electrons. The van der Waals surface area contributed by atoms with Crippen molar-refractivity contribution in [2.45, 2.75) is 51.6 Å². The molecule has 0 spiro atoms. The molecule has 1 unspecified atom stereocenters. The van der Waals surface area contributed by atoms with Crippen molar-refractivity contribution in [3.63, 3.8) is 0 Å². The smallest absolute Gasteiger partial charge is 0.254 e. The fourth-order valence-electron chi connectivity index (χ4n) is 3.46. The van der Waals surface area contributed by atoms with Gasteiger partial charge in [-0.2, -0.15) is 0 Å². The fourth-order valence-corrected chi connectivity index (χ4v) is 3.46. The molecule has 3 heteroatoms. The molecule has 2 heterocycles. The van der Waals surface area contributed by atoms with E-state index in [-0.39, 0.29) is 5.91 Å². The summed E-state index contributed by atoms with van der Waals surface area (Å²) < 4.78 is 0. The Balaban J connectivity index is 1.90. The Hall–Kier alpha value is -1.35. The van der Waals surface area contributed by atoms with Crippen LogP contribution in [0.15, 0.2) is 18.2 Å². The highest BCUT2D eigenvalue weighted by Crippen LogP contribution is 2.24. The van der Waals surface area contributed by atoms with Gasteiger partial charge in [0.05, 0.1) is 0 Å². The van der Waals surface area contributed by atoms with Crippen LogP contribution in [0.1, 0.15) is 54.1 Å². The van der Waals surface area contributed by atoms with Gasteiger partial charge >= 0.3 is 0 Å². The van der Waals surface area contributed by atoms with Crippen LogP contribution >= 0.6 is 0 Å². The normalized spacial score (nSPS) is 23.1. The van der Waals surface area contributed by atoms with E-state index in [2.05, 4.69) is 23.2 Å². The maximum atomic E-state index is 12.9. The Morgan fingerprint density at radius 3 is 3.10 bits per heavy atom. The number of rotatable bonds is 1. The van der Waals surface area contributed by atoms with Crippen LogP contribution in [0.25, 0.3) is 0 Å². The molecule has 3 rings (SSSR count). The molecule has 0 aliphatic carbocycles. The molecule has 2 aliphatic heterocycles. The number of benzene rings is 1. The van der Waals surface area contributed by atoms with E-state index in [9.17, 15) is 4.79 Å². The van der Waals surface area contributed by atoms with Gasteiger partial charge in [-0.1, -0.05) is 25.0 Å². The molecular formula is C17H24N2O. The van der Waals surface area contributed by atoms with E-state index in [0.29, 0.717) is 6.04 Å². The van der Waals surface area contributed by atoms with Gasteiger partial charge in [0.15, 0.2) is 0 Å². The molecule has 1 aromatic rings. The molecule has 1 N–H and O–H groups in total. The van der Waals surface area contributed by atoms with Gasteiger partial charge in [0.1, 0.15) is 0 Å². The summed E-state index contributed by atoms with van der Waals surface area (Å²) in [5.74, 6) is 0.248. The standard InChI is InChI=1S/C17H24N2O/c1-13-6-3-2-4-11-19(13)17(20)16-8-5-7-14-12-18-10-9-15(14)16/h5,7-8,13,18H,2-4,6,9-12H2,1H3. The first-order chi connectivity index (χ1) is 9.77. The number of hydrogen-bond acceptors (Lipinski definition) is 2. The third-order valence-electron chi connectivity index (χ3n) is 4.68. The maximum absolute atomic E-state index is 12.9. The lowest BCUT2D eigenvalue weighted by Gasteiger charge is -2.29. The molecule has 0 saturated carbocycles. The van der Waals surface area contributed by atoms with Crippen LogP contribution < -0.4 is 5.32 Å². The van der Waals surface area contributed by atoms with E-state index in [1.165, 1.54) is 24.0 Å². The van der Waals surface area contributed by atoms with Crippen LogP contribution in [0, 0.1) is 0 Å². The Labute approximate surface area is 121 Å². The lowest BCUT2D eigenvalue weighted by atomic mass is 9.94. The largest absolute Gasteiger partial charge is 0.336 e. The Morgan fingerprint density at radius 1 is 1.30 bits per heavy atom. The number of carbonyl (C=O) groups is 1. The highest BCUT2D eigenvalue weighted by Gasteiger charge is 2.26. The minimum Gasteiger partial charge on any atom is -0.336 e. The summed E-state index contributed by atoms with van der Waals surface area (Å²) in [5.41, 5.74) is 3.51. The summed E-state index contributed by atoms with van der Waals surface area (Å²) in [5, 5.41) is 3.38. The third kappa shape index (κ3) is 2.59. The average Bonchev–Trinajstić information content (AvgIpc) is 2.70. The van der Waals surface area contributed by atoms with Crippen molar-refractivity contribution in [2.75, 3.05) is 13.1 Å². The van der Waals surface area contributed by atoms with E-state index in [1.54, 1.807) is 0 Å². The zero-order valence-corrected chi connectivity index (χ0v) is 12.3. The van der Waals surface area contributed by atoms with Crippen LogP contribution in [0.4, 0.5) is 0 Å². The second-order valence-electron chi connectivity index (χ2n) is 6.07. The Kier molecular flexibility index (Phi) is 4.06. The van der Waals surface area contributed by atoms with Crippen molar-refractivity contribution < 1.29 is 4.79 Å². The zero-order chi connectivity index (χ0) is 13.9. The molecule has 0 bridgehead atoms.